The molecule has 1 aromatic heterocycles. The second kappa shape index (κ2) is 12.8. The third kappa shape index (κ3) is 7.52. The summed E-state index contributed by atoms with van der Waals surface area (Å²) in [7, 11) is -3.92. The van der Waals surface area contributed by atoms with Gasteiger partial charge in [0.05, 0.1) is 21.5 Å². The van der Waals surface area contributed by atoms with Gasteiger partial charge in [0, 0.05) is 18.7 Å². The second-order valence-corrected chi connectivity index (χ2v) is 12.4. The van der Waals surface area contributed by atoms with Crippen molar-refractivity contribution in [2.45, 2.75) is 63.1 Å². The number of hydrogen-bond acceptors (Lipinski definition) is 5. The third-order valence-electron chi connectivity index (χ3n) is 6.61. The minimum absolute atomic E-state index is 0.0201. The Kier molecular flexibility index (Phi) is 9.52. The first-order chi connectivity index (χ1) is 18.7. The summed E-state index contributed by atoms with van der Waals surface area (Å²) in [5.41, 5.74) is 1.52. The second-order valence-electron chi connectivity index (χ2n) is 9.62. The SMILES string of the molecule is Cc1ccc(S(=O)(=O)N(Cc2ccc(Cl)c(Cl)c2)Cc2ccc(/C=C(/C#N)C(=O)NC3CCCCC3)o2)cc1. The van der Waals surface area contributed by atoms with Crippen LogP contribution in [-0.4, -0.2) is 24.7 Å². The van der Waals surface area contributed by atoms with Crippen LogP contribution in [0.4, 0.5) is 0 Å². The van der Waals surface area contributed by atoms with Crippen LogP contribution < -0.4 is 5.32 Å². The molecule has 1 fully saturated rings. The number of nitrogens with one attached hydrogen (secondary N) is 1. The average molecular weight is 587 g/mol. The Morgan fingerprint density at radius 3 is 2.44 bits per heavy atom. The molecule has 0 spiro atoms. The maximum absolute atomic E-state index is 13.6. The van der Waals surface area contributed by atoms with Gasteiger partial charge in [0.25, 0.3) is 5.91 Å². The lowest BCUT2D eigenvalue weighted by Crippen LogP contribution is -2.36. The van der Waals surface area contributed by atoms with E-state index in [-0.39, 0.29) is 35.4 Å². The van der Waals surface area contributed by atoms with Gasteiger partial charge in [-0.15, -0.1) is 0 Å². The van der Waals surface area contributed by atoms with Crippen LogP contribution in [0.1, 0.15) is 54.8 Å². The van der Waals surface area contributed by atoms with Gasteiger partial charge in [-0.05, 0) is 61.7 Å². The Bertz CT molecular complexity index is 1500. The van der Waals surface area contributed by atoms with Gasteiger partial charge in [-0.25, -0.2) is 8.42 Å². The molecule has 0 saturated heterocycles. The molecule has 1 N–H and O–H groups in total. The minimum atomic E-state index is -3.92. The minimum Gasteiger partial charge on any atom is -0.460 e. The molecule has 0 radical (unpaired) electrons. The molecule has 0 aliphatic heterocycles. The predicted molar refractivity (Wildman–Crippen MR) is 151 cm³/mol. The van der Waals surface area contributed by atoms with Crippen molar-refractivity contribution in [2.24, 2.45) is 0 Å². The molecule has 0 bridgehead atoms. The van der Waals surface area contributed by atoms with Crippen LogP contribution in [0.25, 0.3) is 6.08 Å². The lowest BCUT2D eigenvalue weighted by Gasteiger charge is -2.22. The first-order valence-corrected chi connectivity index (χ1v) is 14.9. The highest BCUT2D eigenvalue weighted by atomic mass is 35.5. The van der Waals surface area contributed by atoms with Crippen molar-refractivity contribution in [3.05, 3.63) is 92.9 Å². The topological polar surface area (TPSA) is 103 Å². The summed E-state index contributed by atoms with van der Waals surface area (Å²) in [5, 5.41) is 13.2. The van der Waals surface area contributed by atoms with Crippen LogP contribution in [0, 0.1) is 18.3 Å². The maximum atomic E-state index is 13.6. The third-order valence-corrected chi connectivity index (χ3v) is 9.15. The number of nitrogens with zero attached hydrogens (tertiary/aromatic N) is 2. The number of carbonyl (C=O) groups is 1. The van der Waals surface area contributed by atoms with Gasteiger partial charge in [-0.2, -0.15) is 9.57 Å². The van der Waals surface area contributed by atoms with Crippen LogP contribution in [0.2, 0.25) is 10.0 Å². The number of aryl methyl sites for hydroxylation is 1. The van der Waals surface area contributed by atoms with Crippen LogP contribution in [0.3, 0.4) is 0 Å². The van der Waals surface area contributed by atoms with E-state index in [0.717, 1.165) is 37.7 Å². The quantitative estimate of drug-likeness (QED) is 0.224. The van der Waals surface area contributed by atoms with Crippen LogP contribution in [-0.2, 0) is 27.9 Å². The number of hydrogen-bond donors (Lipinski definition) is 1. The molecule has 7 nitrogen and oxygen atoms in total. The Morgan fingerprint density at radius 1 is 1.05 bits per heavy atom. The van der Waals surface area contributed by atoms with Gasteiger partial charge in [-0.3, -0.25) is 4.79 Å². The molecule has 2 aromatic carbocycles. The molecule has 1 saturated carbocycles. The highest BCUT2D eigenvalue weighted by Gasteiger charge is 2.26. The number of benzene rings is 2. The molecule has 1 heterocycles. The smallest absolute Gasteiger partial charge is 0.262 e. The number of carbonyl (C=O) groups excluding carboxylic acids is 1. The largest absolute Gasteiger partial charge is 0.460 e. The van der Waals surface area contributed by atoms with Crippen molar-refractivity contribution in [3.63, 3.8) is 0 Å². The summed E-state index contributed by atoms with van der Waals surface area (Å²) in [4.78, 5) is 12.8. The summed E-state index contributed by atoms with van der Waals surface area (Å²) >= 11 is 12.2. The van der Waals surface area contributed by atoms with Crippen LogP contribution >= 0.6 is 23.2 Å². The van der Waals surface area contributed by atoms with E-state index < -0.39 is 15.9 Å². The normalized spacial score (nSPS) is 14.8. The van der Waals surface area contributed by atoms with Gasteiger partial charge in [-0.1, -0.05) is 66.2 Å². The van der Waals surface area contributed by atoms with Gasteiger partial charge in [0.1, 0.15) is 23.2 Å². The number of furan rings is 1. The summed E-state index contributed by atoms with van der Waals surface area (Å²) in [5.74, 6) is 0.190. The van der Waals surface area contributed by atoms with Crippen molar-refractivity contribution in [3.8, 4) is 6.07 Å². The van der Waals surface area contributed by atoms with Crippen molar-refractivity contribution < 1.29 is 17.6 Å². The van der Waals surface area contributed by atoms with Crippen molar-refractivity contribution in [1.29, 1.82) is 5.26 Å². The molecule has 204 valence electrons. The summed E-state index contributed by atoms with van der Waals surface area (Å²) < 4.78 is 34.4. The predicted octanol–water partition coefficient (Wildman–Crippen LogP) is 6.64. The van der Waals surface area contributed by atoms with Gasteiger partial charge < -0.3 is 9.73 Å². The highest BCUT2D eigenvalue weighted by molar-refractivity contribution is 7.89. The Balaban J connectivity index is 1.57. The van der Waals surface area contributed by atoms with E-state index in [1.54, 1.807) is 54.6 Å². The van der Waals surface area contributed by atoms with Crippen LogP contribution in [0.5, 0.6) is 0 Å². The molecule has 0 atom stereocenters. The molecule has 1 amide bonds. The van der Waals surface area contributed by atoms with E-state index in [1.165, 1.54) is 10.4 Å². The van der Waals surface area contributed by atoms with Gasteiger partial charge in [0.15, 0.2) is 0 Å². The van der Waals surface area contributed by atoms with E-state index in [9.17, 15) is 18.5 Å². The molecular formula is C29H29Cl2N3O4S. The monoisotopic (exact) mass is 585 g/mol. The van der Waals surface area contributed by atoms with E-state index >= 15 is 0 Å². The van der Waals surface area contributed by atoms with Crippen LogP contribution in [0.15, 0.2) is 69.5 Å². The first kappa shape index (κ1) is 28.9. The van der Waals surface area contributed by atoms with Gasteiger partial charge >= 0.3 is 0 Å². The summed E-state index contributed by atoms with van der Waals surface area (Å²) in [6, 6.07) is 16.8. The fourth-order valence-corrected chi connectivity index (χ4v) is 6.17. The van der Waals surface area contributed by atoms with E-state index in [0.29, 0.717) is 21.4 Å². The maximum Gasteiger partial charge on any atom is 0.262 e. The molecule has 3 aromatic rings. The lowest BCUT2D eigenvalue weighted by molar-refractivity contribution is -0.117. The lowest BCUT2D eigenvalue weighted by atomic mass is 9.95. The molecule has 39 heavy (non-hydrogen) atoms. The van der Waals surface area contributed by atoms with Gasteiger partial charge in [0.2, 0.25) is 10.0 Å². The number of sulfonamides is 1. The molecule has 0 unspecified atom stereocenters. The Hall–Kier alpha value is -3.09. The van der Waals surface area contributed by atoms with E-state index in [4.69, 9.17) is 27.6 Å². The fourth-order valence-electron chi connectivity index (χ4n) is 4.46. The zero-order valence-corrected chi connectivity index (χ0v) is 23.8. The summed E-state index contributed by atoms with van der Waals surface area (Å²) in [6.45, 7) is 1.82. The fraction of sp³-hybridized carbons (Fsp3) is 0.310. The molecule has 1 aliphatic carbocycles. The zero-order valence-electron chi connectivity index (χ0n) is 21.5. The Morgan fingerprint density at radius 2 is 1.77 bits per heavy atom. The number of amides is 1. The molecule has 1 aliphatic rings. The van der Waals surface area contributed by atoms with Crippen molar-refractivity contribution in [2.75, 3.05) is 0 Å². The first-order valence-electron chi connectivity index (χ1n) is 12.7. The average Bonchev–Trinajstić information content (AvgIpc) is 3.36. The zero-order chi connectivity index (χ0) is 28.0. The summed E-state index contributed by atoms with van der Waals surface area (Å²) in [6.07, 6.45) is 6.45. The van der Waals surface area contributed by atoms with Crippen molar-refractivity contribution in [1.82, 2.24) is 9.62 Å². The molecule has 10 heteroatoms. The van der Waals surface area contributed by atoms with Crippen molar-refractivity contribution >= 4 is 45.2 Å². The number of halogens is 2. The number of rotatable bonds is 9. The number of nitriles is 1. The van der Waals surface area contributed by atoms with E-state index in [1.807, 2.05) is 13.0 Å². The highest BCUT2D eigenvalue weighted by Crippen LogP contribution is 2.27. The Labute approximate surface area is 239 Å². The van der Waals surface area contributed by atoms with E-state index in [2.05, 4.69) is 5.32 Å². The standard InChI is InChI=1S/C29H29Cl2N3O4S/c1-20-7-12-26(13-8-20)39(36,37)34(18-21-9-14-27(30)28(31)15-21)19-25-11-10-24(38-25)16-22(17-32)29(35)33-23-5-3-2-4-6-23/h7-16,23H,2-6,18-19H2,1H3,(H,33,35)/b22-16-. The molecular weight excluding hydrogens is 557 g/mol. The molecule has 4 rings (SSSR count).